The Labute approximate surface area is 121 Å². The summed E-state index contributed by atoms with van der Waals surface area (Å²) in [4.78, 5) is 0. The summed E-state index contributed by atoms with van der Waals surface area (Å²) in [5.41, 5.74) is 1.37. The molecule has 0 saturated heterocycles. The average Bonchev–Trinajstić information content (AvgIpc) is 2.47. The van der Waals surface area contributed by atoms with Crippen LogP contribution in [-0.2, 0) is 5.75 Å². The molecule has 2 unspecified atom stereocenters. The highest BCUT2D eigenvalue weighted by Gasteiger charge is 2.35. The van der Waals surface area contributed by atoms with Crippen LogP contribution in [0, 0.1) is 0 Å². The smallest absolute Gasteiger partial charge is 0.0613 e. The number of likely N-dealkylation sites (N-methyl/N-ethyl adjacent to an activating group) is 1. The van der Waals surface area contributed by atoms with Gasteiger partial charge in [0.2, 0.25) is 0 Å². The second-order valence-corrected chi connectivity index (χ2v) is 6.77. The van der Waals surface area contributed by atoms with Crippen LogP contribution in [0.25, 0.3) is 0 Å². The second-order valence-electron chi connectivity index (χ2n) is 5.48. The van der Waals surface area contributed by atoms with E-state index in [4.69, 9.17) is 0 Å². The molecule has 1 aliphatic rings. The zero-order valence-electron chi connectivity index (χ0n) is 11.8. The van der Waals surface area contributed by atoms with Crippen molar-refractivity contribution in [3.05, 3.63) is 35.9 Å². The lowest BCUT2D eigenvalue weighted by atomic mass is 9.82. The lowest BCUT2D eigenvalue weighted by Crippen LogP contribution is -2.52. The first kappa shape index (κ1) is 14.9. The van der Waals surface area contributed by atoms with E-state index in [9.17, 15) is 5.11 Å². The van der Waals surface area contributed by atoms with Gasteiger partial charge in [-0.15, -0.1) is 0 Å². The Bertz CT molecular complexity index is 366. The van der Waals surface area contributed by atoms with Gasteiger partial charge in [-0.1, -0.05) is 43.7 Å². The van der Waals surface area contributed by atoms with Gasteiger partial charge in [0.15, 0.2) is 0 Å². The molecule has 0 aliphatic heterocycles. The highest BCUT2D eigenvalue weighted by atomic mass is 32.2. The topological polar surface area (TPSA) is 32.3 Å². The van der Waals surface area contributed by atoms with Crippen molar-refractivity contribution in [1.29, 1.82) is 0 Å². The van der Waals surface area contributed by atoms with Crippen molar-refractivity contribution in [3.63, 3.8) is 0 Å². The normalized spacial score (nSPS) is 27.4. The molecule has 0 heterocycles. The Kier molecular flexibility index (Phi) is 5.74. The van der Waals surface area contributed by atoms with Crippen molar-refractivity contribution in [1.82, 2.24) is 5.32 Å². The fraction of sp³-hybridized carbons (Fsp3) is 0.625. The maximum atomic E-state index is 9.70. The molecule has 1 aromatic rings. The van der Waals surface area contributed by atoms with Crippen molar-refractivity contribution in [2.75, 3.05) is 13.2 Å². The third-order valence-electron chi connectivity index (χ3n) is 3.98. The van der Waals surface area contributed by atoms with Crippen LogP contribution in [0.5, 0.6) is 0 Å². The van der Waals surface area contributed by atoms with Gasteiger partial charge in [0.25, 0.3) is 0 Å². The van der Waals surface area contributed by atoms with Crippen molar-refractivity contribution >= 4 is 11.8 Å². The molecular weight excluding hydrogens is 254 g/mol. The summed E-state index contributed by atoms with van der Waals surface area (Å²) in [7, 11) is 0. The zero-order chi connectivity index (χ0) is 13.6. The van der Waals surface area contributed by atoms with Gasteiger partial charge in [0, 0.05) is 16.5 Å². The Morgan fingerprint density at radius 2 is 2.16 bits per heavy atom. The predicted octanol–water partition coefficient (Wildman–Crippen LogP) is 3.20. The SMILES string of the molecule is CCNC1(CO)CCCC(SCc2ccccc2)C1. The quantitative estimate of drug-likeness (QED) is 0.839. The van der Waals surface area contributed by atoms with Gasteiger partial charge >= 0.3 is 0 Å². The number of thioether (sulfide) groups is 1. The Morgan fingerprint density at radius 1 is 1.37 bits per heavy atom. The van der Waals surface area contributed by atoms with E-state index in [0.29, 0.717) is 5.25 Å². The Hall–Kier alpha value is -0.510. The van der Waals surface area contributed by atoms with Crippen molar-refractivity contribution < 1.29 is 5.11 Å². The minimum atomic E-state index is -0.0264. The van der Waals surface area contributed by atoms with Gasteiger partial charge in [-0.05, 0) is 31.4 Å². The van der Waals surface area contributed by atoms with E-state index >= 15 is 0 Å². The monoisotopic (exact) mass is 279 g/mol. The molecule has 0 radical (unpaired) electrons. The molecule has 0 amide bonds. The van der Waals surface area contributed by atoms with Crippen molar-refractivity contribution in [3.8, 4) is 0 Å². The molecule has 2 rings (SSSR count). The standard InChI is InChI=1S/C16H25NOS/c1-2-17-16(13-18)10-6-9-15(11-16)19-12-14-7-4-3-5-8-14/h3-5,7-8,15,17-18H,2,6,9-13H2,1H3. The summed E-state index contributed by atoms with van der Waals surface area (Å²) in [5.74, 6) is 1.08. The summed E-state index contributed by atoms with van der Waals surface area (Å²) in [6, 6.07) is 10.7. The second kappa shape index (κ2) is 7.32. The van der Waals surface area contributed by atoms with Crippen LogP contribution < -0.4 is 5.32 Å². The van der Waals surface area contributed by atoms with Crippen LogP contribution in [-0.4, -0.2) is 29.0 Å². The first-order chi connectivity index (χ1) is 9.28. The molecule has 0 spiro atoms. The maximum absolute atomic E-state index is 9.70. The fourth-order valence-electron chi connectivity index (χ4n) is 2.97. The van der Waals surface area contributed by atoms with Gasteiger partial charge in [-0.25, -0.2) is 0 Å². The fourth-order valence-corrected chi connectivity index (χ4v) is 4.36. The first-order valence-electron chi connectivity index (χ1n) is 7.29. The van der Waals surface area contributed by atoms with Crippen LogP contribution in [0.15, 0.2) is 30.3 Å². The van der Waals surface area contributed by atoms with Gasteiger partial charge in [0.1, 0.15) is 0 Å². The Morgan fingerprint density at radius 3 is 2.84 bits per heavy atom. The molecule has 106 valence electrons. The van der Waals surface area contributed by atoms with E-state index < -0.39 is 0 Å². The Balaban J connectivity index is 1.87. The molecule has 0 aromatic heterocycles. The summed E-state index contributed by atoms with van der Waals surface area (Å²) in [6.07, 6.45) is 4.71. The third-order valence-corrected chi connectivity index (χ3v) is 5.36. The first-order valence-corrected chi connectivity index (χ1v) is 8.34. The maximum Gasteiger partial charge on any atom is 0.0613 e. The largest absolute Gasteiger partial charge is 0.394 e. The molecule has 2 nitrogen and oxygen atoms in total. The van der Waals surface area contributed by atoms with E-state index in [1.165, 1.54) is 18.4 Å². The predicted molar refractivity (Wildman–Crippen MR) is 83.5 cm³/mol. The van der Waals surface area contributed by atoms with Crippen molar-refractivity contribution in [2.45, 2.75) is 49.1 Å². The van der Waals surface area contributed by atoms with E-state index in [2.05, 4.69) is 42.6 Å². The van der Waals surface area contributed by atoms with Crippen LogP contribution >= 0.6 is 11.8 Å². The lowest BCUT2D eigenvalue weighted by Gasteiger charge is -2.40. The van der Waals surface area contributed by atoms with Gasteiger partial charge in [-0.2, -0.15) is 11.8 Å². The average molecular weight is 279 g/mol. The molecular formula is C16H25NOS. The molecule has 1 aliphatic carbocycles. The highest BCUT2D eigenvalue weighted by molar-refractivity contribution is 7.99. The van der Waals surface area contributed by atoms with Gasteiger partial charge < -0.3 is 10.4 Å². The zero-order valence-corrected chi connectivity index (χ0v) is 12.6. The van der Waals surface area contributed by atoms with E-state index in [1.807, 2.05) is 11.8 Å². The minimum absolute atomic E-state index is 0.0264. The van der Waals surface area contributed by atoms with Gasteiger partial charge in [-0.3, -0.25) is 0 Å². The number of hydrogen-bond donors (Lipinski definition) is 2. The van der Waals surface area contributed by atoms with Crippen LogP contribution in [0.3, 0.4) is 0 Å². The van der Waals surface area contributed by atoms with E-state index in [-0.39, 0.29) is 12.1 Å². The molecule has 0 bridgehead atoms. The molecule has 1 saturated carbocycles. The molecule has 1 fully saturated rings. The molecule has 1 aromatic carbocycles. The molecule has 2 atom stereocenters. The number of rotatable bonds is 6. The number of aliphatic hydroxyl groups excluding tert-OH is 1. The number of benzene rings is 1. The molecule has 19 heavy (non-hydrogen) atoms. The molecule has 2 N–H and O–H groups in total. The summed E-state index contributed by atoms with van der Waals surface area (Å²) < 4.78 is 0. The number of nitrogens with one attached hydrogen (secondary N) is 1. The highest BCUT2D eigenvalue weighted by Crippen LogP contribution is 2.36. The van der Waals surface area contributed by atoms with Crippen molar-refractivity contribution in [2.24, 2.45) is 0 Å². The van der Waals surface area contributed by atoms with E-state index in [0.717, 1.165) is 25.1 Å². The minimum Gasteiger partial charge on any atom is -0.394 e. The third kappa shape index (κ3) is 4.23. The summed E-state index contributed by atoms with van der Waals surface area (Å²) in [6.45, 7) is 3.33. The van der Waals surface area contributed by atoms with Crippen LogP contribution in [0.1, 0.15) is 38.2 Å². The molecule has 3 heteroatoms. The van der Waals surface area contributed by atoms with Crippen LogP contribution in [0.4, 0.5) is 0 Å². The number of hydrogen-bond acceptors (Lipinski definition) is 3. The van der Waals surface area contributed by atoms with Gasteiger partial charge in [0.05, 0.1) is 6.61 Å². The summed E-state index contributed by atoms with van der Waals surface area (Å²) in [5, 5.41) is 13.9. The number of aliphatic hydroxyl groups is 1. The van der Waals surface area contributed by atoms with E-state index in [1.54, 1.807) is 0 Å². The lowest BCUT2D eigenvalue weighted by molar-refractivity contribution is 0.125. The summed E-state index contributed by atoms with van der Waals surface area (Å²) >= 11 is 2.04. The van der Waals surface area contributed by atoms with Crippen LogP contribution in [0.2, 0.25) is 0 Å².